The molecule has 0 bridgehead atoms. The van der Waals surface area contributed by atoms with Crippen molar-refractivity contribution in [3.8, 4) is 0 Å². The van der Waals surface area contributed by atoms with Gasteiger partial charge in [-0.15, -0.1) is 0 Å². The predicted molar refractivity (Wildman–Crippen MR) is 106 cm³/mol. The van der Waals surface area contributed by atoms with Crippen molar-refractivity contribution in [3.05, 3.63) is 24.4 Å². The minimum atomic E-state index is 0.574. The molecule has 0 radical (unpaired) electrons. The molecule has 0 saturated carbocycles. The van der Waals surface area contributed by atoms with Crippen LogP contribution in [0.3, 0.4) is 0 Å². The Bertz CT molecular complexity index is 508. The van der Waals surface area contributed by atoms with Gasteiger partial charge in [-0.3, -0.25) is 9.89 Å². The van der Waals surface area contributed by atoms with Gasteiger partial charge in [-0.25, -0.2) is 4.98 Å². The van der Waals surface area contributed by atoms with Crippen LogP contribution >= 0.6 is 0 Å². The standard InChI is InChI=1S/C19H34N6/c1-5-20-19(22-11-12-23(6-2)17(3)4)25-15-13-24(14-16-25)18-9-7-8-10-21-18/h7-10,17H,5-6,11-16H2,1-4H3,(H,20,22). The fraction of sp³-hybridized carbons (Fsp3) is 0.684. The number of aliphatic imine (C=N–C) groups is 1. The van der Waals surface area contributed by atoms with E-state index in [0.717, 1.165) is 64.1 Å². The molecular formula is C19H34N6. The van der Waals surface area contributed by atoms with Crippen molar-refractivity contribution >= 4 is 11.8 Å². The fourth-order valence-corrected chi connectivity index (χ4v) is 3.18. The van der Waals surface area contributed by atoms with Crippen molar-refractivity contribution in [3.63, 3.8) is 0 Å². The van der Waals surface area contributed by atoms with Crippen LogP contribution in [0.25, 0.3) is 0 Å². The molecule has 1 fully saturated rings. The van der Waals surface area contributed by atoms with Gasteiger partial charge in [0, 0.05) is 51.5 Å². The van der Waals surface area contributed by atoms with Crippen LogP contribution in [0.1, 0.15) is 27.7 Å². The number of nitrogens with one attached hydrogen (secondary N) is 1. The van der Waals surface area contributed by atoms with Gasteiger partial charge >= 0.3 is 0 Å². The first-order valence-corrected chi connectivity index (χ1v) is 9.59. The number of aromatic nitrogens is 1. The normalized spacial score (nSPS) is 16.0. The number of piperazine rings is 1. The largest absolute Gasteiger partial charge is 0.357 e. The maximum Gasteiger partial charge on any atom is 0.194 e. The second kappa shape index (κ2) is 10.2. The van der Waals surface area contributed by atoms with Crippen molar-refractivity contribution < 1.29 is 0 Å². The quantitative estimate of drug-likeness (QED) is 0.604. The first-order valence-electron chi connectivity index (χ1n) is 9.59. The second-order valence-corrected chi connectivity index (χ2v) is 6.62. The molecule has 1 N–H and O–H groups in total. The van der Waals surface area contributed by atoms with Gasteiger partial charge in [-0.1, -0.05) is 13.0 Å². The lowest BCUT2D eigenvalue weighted by Crippen LogP contribution is -2.53. The number of hydrogen-bond acceptors (Lipinski definition) is 4. The van der Waals surface area contributed by atoms with Gasteiger partial charge in [0.1, 0.15) is 5.82 Å². The molecule has 1 aliphatic rings. The van der Waals surface area contributed by atoms with E-state index >= 15 is 0 Å². The maximum atomic E-state index is 4.86. The maximum absolute atomic E-state index is 4.86. The molecule has 6 heteroatoms. The summed E-state index contributed by atoms with van der Waals surface area (Å²) in [6, 6.07) is 6.67. The first-order chi connectivity index (χ1) is 12.2. The summed E-state index contributed by atoms with van der Waals surface area (Å²) in [5, 5.41) is 3.45. The summed E-state index contributed by atoms with van der Waals surface area (Å²) >= 11 is 0. The molecule has 25 heavy (non-hydrogen) atoms. The Balaban J connectivity index is 1.89. The third kappa shape index (κ3) is 5.88. The average molecular weight is 347 g/mol. The summed E-state index contributed by atoms with van der Waals surface area (Å²) in [5.74, 6) is 2.11. The smallest absolute Gasteiger partial charge is 0.194 e. The summed E-state index contributed by atoms with van der Waals surface area (Å²) in [7, 11) is 0. The zero-order chi connectivity index (χ0) is 18.1. The molecular weight excluding hydrogens is 312 g/mol. The summed E-state index contributed by atoms with van der Waals surface area (Å²) in [4.78, 5) is 16.5. The zero-order valence-corrected chi connectivity index (χ0v) is 16.3. The molecule has 0 unspecified atom stereocenters. The molecule has 1 aromatic rings. The summed E-state index contributed by atoms with van der Waals surface area (Å²) in [5.41, 5.74) is 0. The van der Waals surface area contributed by atoms with Gasteiger partial charge in [-0.05, 0) is 39.4 Å². The number of rotatable bonds is 7. The molecule has 2 heterocycles. The van der Waals surface area contributed by atoms with Crippen molar-refractivity contribution in [2.24, 2.45) is 4.99 Å². The van der Waals surface area contributed by atoms with E-state index in [-0.39, 0.29) is 0 Å². The van der Waals surface area contributed by atoms with Crippen LogP contribution in [-0.2, 0) is 0 Å². The van der Waals surface area contributed by atoms with E-state index in [9.17, 15) is 0 Å². The minimum absolute atomic E-state index is 0.574. The number of anilines is 1. The third-order valence-corrected chi connectivity index (χ3v) is 4.67. The van der Waals surface area contributed by atoms with Crippen molar-refractivity contribution in [2.75, 3.05) is 57.3 Å². The molecule has 1 saturated heterocycles. The Morgan fingerprint density at radius 1 is 1.24 bits per heavy atom. The van der Waals surface area contributed by atoms with Crippen LogP contribution in [0.2, 0.25) is 0 Å². The molecule has 140 valence electrons. The van der Waals surface area contributed by atoms with E-state index in [1.165, 1.54) is 0 Å². The lowest BCUT2D eigenvalue weighted by molar-refractivity contribution is 0.240. The van der Waals surface area contributed by atoms with Crippen LogP contribution < -0.4 is 10.2 Å². The minimum Gasteiger partial charge on any atom is -0.357 e. The SMILES string of the molecule is CCNC(=NCCN(CC)C(C)C)N1CCN(c2ccccn2)CC1. The Morgan fingerprint density at radius 2 is 2.00 bits per heavy atom. The molecule has 1 aliphatic heterocycles. The summed E-state index contributed by atoms with van der Waals surface area (Å²) in [6.07, 6.45) is 1.86. The highest BCUT2D eigenvalue weighted by atomic mass is 15.4. The Labute approximate surface area is 152 Å². The Morgan fingerprint density at radius 3 is 2.56 bits per heavy atom. The monoisotopic (exact) mass is 346 g/mol. The van der Waals surface area contributed by atoms with Crippen molar-refractivity contribution in [1.82, 2.24) is 20.1 Å². The molecule has 1 aromatic heterocycles. The molecule has 6 nitrogen and oxygen atoms in total. The average Bonchev–Trinajstić information content (AvgIpc) is 2.65. The number of hydrogen-bond donors (Lipinski definition) is 1. The Hall–Kier alpha value is -1.82. The topological polar surface area (TPSA) is 47.0 Å². The van der Waals surface area contributed by atoms with Gasteiger partial charge < -0.3 is 15.1 Å². The van der Waals surface area contributed by atoms with Crippen LogP contribution in [0.4, 0.5) is 5.82 Å². The fourth-order valence-electron chi connectivity index (χ4n) is 3.18. The van der Waals surface area contributed by atoms with E-state index in [1.807, 2.05) is 12.3 Å². The van der Waals surface area contributed by atoms with Crippen LogP contribution in [-0.4, -0.2) is 79.1 Å². The van der Waals surface area contributed by atoms with Gasteiger partial charge in [-0.2, -0.15) is 0 Å². The lowest BCUT2D eigenvalue weighted by atomic mass is 10.3. The number of likely N-dealkylation sites (N-methyl/N-ethyl adjacent to an activating group) is 1. The molecule has 2 rings (SSSR count). The van der Waals surface area contributed by atoms with E-state index in [1.54, 1.807) is 0 Å². The highest BCUT2D eigenvalue weighted by Crippen LogP contribution is 2.12. The number of guanidine groups is 1. The molecule has 0 amide bonds. The van der Waals surface area contributed by atoms with Crippen LogP contribution in [0.5, 0.6) is 0 Å². The van der Waals surface area contributed by atoms with E-state index in [0.29, 0.717) is 6.04 Å². The van der Waals surface area contributed by atoms with Gasteiger partial charge in [0.15, 0.2) is 5.96 Å². The van der Waals surface area contributed by atoms with Gasteiger partial charge in [0.05, 0.1) is 6.54 Å². The van der Waals surface area contributed by atoms with E-state index in [4.69, 9.17) is 4.99 Å². The first kappa shape index (κ1) is 19.5. The van der Waals surface area contributed by atoms with Gasteiger partial charge in [0.2, 0.25) is 0 Å². The summed E-state index contributed by atoms with van der Waals surface area (Å²) in [6.45, 7) is 16.6. The summed E-state index contributed by atoms with van der Waals surface area (Å²) < 4.78 is 0. The zero-order valence-electron chi connectivity index (χ0n) is 16.3. The van der Waals surface area contributed by atoms with Crippen molar-refractivity contribution in [1.29, 1.82) is 0 Å². The molecule has 0 spiro atoms. The molecule has 0 atom stereocenters. The van der Waals surface area contributed by atoms with Crippen LogP contribution in [0, 0.1) is 0 Å². The van der Waals surface area contributed by atoms with E-state index in [2.05, 4.69) is 64.8 Å². The van der Waals surface area contributed by atoms with Crippen LogP contribution in [0.15, 0.2) is 29.4 Å². The Kier molecular flexibility index (Phi) is 7.98. The number of pyridine rings is 1. The molecule has 0 aliphatic carbocycles. The highest BCUT2D eigenvalue weighted by molar-refractivity contribution is 5.80. The van der Waals surface area contributed by atoms with Crippen molar-refractivity contribution in [2.45, 2.75) is 33.7 Å². The van der Waals surface area contributed by atoms with E-state index < -0.39 is 0 Å². The third-order valence-electron chi connectivity index (χ3n) is 4.67. The number of nitrogens with zero attached hydrogens (tertiary/aromatic N) is 5. The second-order valence-electron chi connectivity index (χ2n) is 6.62. The van der Waals surface area contributed by atoms with Gasteiger partial charge in [0.25, 0.3) is 0 Å². The lowest BCUT2D eigenvalue weighted by Gasteiger charge is -2.37. The predicted octanol–water partition coefficient (Wildman–Crippen LogP) is 1.90. The molecule has 0 aromatic carbocycles. The highest BCUT2D eigenvalue weighted by Gasteiger charge is 2.20.